The van der Waals surface area contributed by atoms with Crippen LogP contribution in [0.2, 0.25) is 0 Å². The zero-order valence-corrected chi connectivity index (χ0v) is 18.1. The van der Waals surface area contributed by atoms with Gasteiger partial charge in [-0.25, -0.2) is 8.42 Å². The number of carbonyl (C=O) groups excluding carboxylic acids is 1. The first-order valence-corrected chi connectivity index (χ1v) is 12.0. The lowest BCUT2D eigenvalue weighted by molar-refractivity contribution is -0.121. The molecule has 1 aliphatic heterocycles. The molecule has 30 heavy (non-hydrogen) atoms. The van der Waals surface area contributed by atoms with E-state index in [0.717, 1.165) is 10.4 Å². The normalized spacial score (nSPS) is 17.7. The van der Waals surface area contributed by atoms with Crippen molar-refractivity contribution in [1.29, 1.82) is 0 Å². The Balaban J connectivity index is 1.40. The highest BCUT2D eigenvalue weighted by Gasteiger charge is 2.33. The van der Waals surface area contributed by atoms with Crippen LogP contribution in [-0.2, 0) is 21.2 Å². The number of nitrogens with one attached hydrogen (secondary N) is 1. The van der Waals surface area contributed by atoms with Crippen molar-refractivity contribution in [1.82, 2.24) is 14.5 Å². The third kappa shape index (κ3) is 4.61. The molecular formula is C20H22N4O4S2. The zero-order valence-electron chi connectivity index (χ0n) is 16.4. The molecule has 1 aromatic carbocycles. The first-order chi connectivity index (χ1) is 14.4. The Morgan fingerprint density at radius 1 is 1.27 bits per heavy atom. The summed E-state index contributed by atoms with van der Waals surface area (Å²) in [5, 5.41) is 12.4. The van der Waals surface area contributed by atoms with E-state index in [1.807, 2.05) is 24.4 Å². The van der Waals surface area contributed by atoms with Crippen molar-refractivity contribution in [2.45, 2.75) is 31.1 Å². The van der Waals surface area contributed by atoms with Gasteiger partial charge in [0, 0.05) is 18.0 Å². The Morgan fingerprint density at radius 3 is 2.80 bits per heavy atom. The highest BCUT2D eigenvalue weighted by molar-refractivity contribution is 7.89. The fourth-order valence-corrected chi connectivity index (χ4v) is 5.60. The van der Waals surface area contributed by atoms with Gasteiger partial charge in [0.25, 0.3) is 0 Å². The summed E-state index contributed by atoms with van der Waals surface area (Å²) in [5.74, 6) is -0.378. The number of thiophene rings is 1. The summed E-state index contributed by atoms with van der Waals surface area (Å²) in [6, 6.07) is 10.7. The highest BCUT2D eigenvalue weighted by atomic mass is 32.2. The molecule has 0 bridgehead atoms. The molecule has 1 saturated heterocycles. The summed E-state index contributed by atoms with van der Waals surface area (Å²) in [7, 11) is -3.64. The minimum absolute atomic E-state index is 0.0325. The quantitative estimate of drug-likeness (QED) is 0.624. The van der Waals surface area contributed by atoms with Crippen molar-refractivity contribution in [3.8, 4) is 0 Å². The van der Waals surface area contributed by atoms with Crippen LogP contribution in [0, 0.1) is 12.8 Å². The second kappa shape index (κ2) is 8.66. The van der Waals surface area contributed by atoms with Crippen LogP contribution in [0.25, 0.3) is 0 Å². The number of carbonyl (C=O) groups is 1. The highest BCUT2D eigenvalue weighted by Crippen LogP contribution is 2.25. The summed E-state index contributed by atoms with van der Waals surface area (Å²) in [6.07, 6.45) is 1.71. The number of nitrogens with zero attached hydrogens (tertiary/aromatic N) is 3. The van der Waals surface area contributed by atoms with Crippen molar-refractivity contribution < 1.29 is 17.6 Å². The molecular weight excluding hydrogens is 424 g/mol. The topological polar surface area (TPSA) is 105 Å². The number of benzene rings is 1. The maximum absolute atomic E-state index is 12.9. The molecule has 1 fully saturated rings. The molecule has 1 unspecified atom stereocenters. The first kappa shape index (κ1) is 20.7. The van der Waals surface area contributed by atoms with Crippen LogP contribution in [0.3, 0.4) is 0 Å². The minimum Gasteiger partial charge on any atom is -0.407 e. The van der Waals surface area contributed by atoms with E-state index in [4.69, 9.17) is 4.42 Å². The molecule has 0 radical (unpaired) electrons. The van der Waals surface area contributed by atoms with E-state index in [2.05, 4.69) is 15.5 Å². The van der Waals surface area contributed by atoms with E-state index in [9.17, 15) is 13.2 Å². The van der Waals surface area contributed by atoms with Crippen molar-refractivity contribution in [3.05, 3.63) is 58.1 Å². The summed E-state index contributed by atoms with van der Waals surface area (Å²) in [5.41, 5.74) is 0.989. The number of hydrogen-bond acceptors (Lipinski definition) is 7. The van der Waals surface area contributed by atoms with Gasteiger partial charge in [-0.1, -0.05) is 28.9 Å². The predicted molar refractivity (Wildman–Crippen MR) is 113 cm³/mol. The van der Waals surface area contributed by atoms with Crippen LogP contribution in [-0.4, -0.2) is 41.9 Å². The predicted octanol–water partition coefficient (Wildman–Crippen LogP) is 3.07. The monoisotopic (exact) mass is 446 g/mol. The number of aryl methyl sites for hydroxylation is 1. The van der Waals surface area contributed by atoms with Crippen LogP contribution >= 0.6 is 11.3 Å². The van der Waals surface area contributed by atoms with Crippen LogP contribution < -0.4 is 5.32 Å². The van der Waals surface area contributed by atoms with Gasteiger partial charge >= 0.3 is 6.01 Å². The van der Waals surface area contributed by atoms with E-state index in [1.54, 1.807) is 35.6 Å². The van der Waals surface area contributed by atoms with E-state index in [-0.39, 0.29) is 23.4 Å². The molecule has 1 atom stereocenters. The Hall–Kier alpha value is -2.56. The molecule has 158 valence electrons. The lowest BCUT2D eigenvalue weighted by Crippen LogP contribution is -2.43. The third-order valence-corrected chi connectivity index (χ3v) is 7.77. The largest absolute Gasteiger partial charge is 0.407 e. The summed E-state index contributed by atoms with van der Waals surface area (Å²) in [6.45, 7) is 2.42. The maximum Gasteiger partial charge on any atom is 0.322 e. The van der Waals surface area contributed by atoms with Gasteiger partial charge in [0.15, 0.2) is 0 Å². The summed E-state index contributed by atoms with van der Waals surface area (Å²) < 4.78 is 32.8. The van der Waals surface area contributed by atoms with Gasteiger partial charge in [-0.05, 0) is 43.3 Å². The SMILES string of the molecule is Cc1ccc(S(=O)(=O)N2CCCC(C(=O)Nc3nnc(Cc4cccs4)o3)C2)cc1. The van der Waals surface area contributed by atoms with Crippen LogP contribution in [0.5, 0.6) is 0 Å². The molecule has 1 N–H and O–H groups in total. The van der Waals surface area contributed by atoms with Gasteiger partial charge in [-0.15, -0.1) is 16.4 Å². The second-order valence-electron chi connectivity index (χ2n) is 7.26. The molecule has 0 saturated carbocycles. The standard InChI is InChI=1S/C20H22N4O4S2/c1-14-6-8-17(9-7-14)30(26,27)24-10-2-4-15(13-24)19(25)21-20-23-22-18(28-20)12-16-5-3-11-29-16/h3,5-9,11,15H,2,4,10,12-13H2,1H3,(H,21,23,25). The zero-order chi connectivity index (χ0) is 21.1. The van der Waals surface area contributed by atoms with Crippen LogP contribution in [0.1, 0.15) is 29.2 Å². The third-order valence-electron chi connectivity index (χ3n) is 5.02. The molecule has 10 heteroatoms. The van der Waals surface area contributed by atoms with E-state index < -0.39 is 15.9 Å². The van der Waals surface area contributed by atoms with Crippen molar-refractivity contribution >= 4 is 33.3 Å². The van der Waals surface area contributed by atoms with E-state index in [1.165, 1.54) is 4.31 Å². The van der Waals surface area contributed by atoms with Crippen LogP contribution in [0.15, 0.2) is 51.1 Å². The number of anilines is 1. The lowest BCUT2D eigenvalue weighted by Gasteiger charge is -2.30. The van der Waals surface area contributed by atoms with Gasteiger partial charge in [0.05, 0.1) is 17.2 Å². The number of amides is 1. The molecule has 3 heterocycles. The van der Waals surface area contributed by atoms with Gasteiger partial charge in [0.2, 0.25) is 21.8 Å². The van der Waals surface area contributed by atoms with Crippen molar-refractivity contribution in [2.24, 2.45) is 5.92 Å². The molecule has 4 rings (SSSR count). The van der Waals surface area contributed by atoms with Gasteiger partial charge in [-0.3, -0.25) is 10.1 Å². The number of rotatable bonds is 6. The van der Waals surface area contributed by atoms with E-state index >= 15 is 0 Å². The van der Waals surface area contributed by atoms with Crippen molar-refractivity contribution in [3.63, 3.8) is 0 Å². The fraction of sp³-hybridized carbons (Fsp3) is 0.350. The smallest absolute Gasteiger partial charge is 0.322 e. The van der Waals surface area contributed by atoms with Gasteiger partial charge < -0.3 is 4.42 Å². The maximum atomic E-state index is 12.9. The summed E-state index contributed by atoms with van der Waals surface area (Å²) >= 11 is 1.59. The number of aromatic nitrogens is 2. The second-order valence-corrected chi connectivity index (χ2v) is 10.2. The average Bonchev–Trinajstić information content (AvgIpc) is 3.41. The number of hydrogen-bond donors (Lipinski definition) is 1. The van der Waals surface area contributed by atoms with Crippen LogP contribution in [0.4, 0.5) is 6.01 Å². The summed E-state index contributed by atoms with van der Waals surface area (Å²) in [4.78, 5) is 14.0. The van der Waals surface area contributed by atoms with Gasteiger partial charge in [0.1, 0.15) is 0 Å². The van der Waals surface area contributed by atoms with Crippen molar-refractivity contribution in [2.75, 3.05) is 18.4 Å². The molecule has 1 amide bonds. The fourth-order valence-electron chi connectivity index (χ4n) is 3.38. The average molecular weight is 447 g/mol. The van der Waals surface area contributed by atoms with E-state index in [0.29, 0.717) is 31.7 Å². The first-order valence-electron chi connectivity index (χ1n) is 9.64. The Kier molecular flexibility index (Phi) is 5.98. The molecule has 1 aliphatic rings. The lowest BCUT2D eigenvalue weighted by atomic mass is 9.99. The molecule has 3 aromatic rings. The molecule has 0 spiro atoms. The Bertz CT molecular complexity index is 1110. The minimum atomic E-state index is -3.64. The molecule has 2 aromatic heterocycles. The molecule has 0 aliphatic carbocycles. The Morgan fingerprint density at radius 2 is 2.07 bits per heavy atom. The Labute approximate surface area is 179 Å². The number of piperidine rings is 1. The molecule has 8 nitrogen and oxygen atoms in total. The number of sulfonamides is 1. The van der Waals surface area contributed by atoms with Gasteiger partial charge in [-0.2, -0.15) is 4.31 Å².